The largest absolute Gasteiger partial charge is 0.495 e. The van der Waals surface area contributed by atoms with E-state index in [0.29, 0.717) is 39.8 Å². The van der Waals surface area contributed by atoms with Crippen molar-refractivity contribution in [3.8, 4) is 23.1 Å². The first-order chi connectivity index (χ1) is 16.5. The predicted molar refractivity (Wildman–Crippen MR) is 126 cm³/mol. The van der Waals surface area contributed by atoms with Crippen LogP contribution >= 0.6 is 0 Å². The van der Waals surface area contributed by atoms with Gasteiger partial charge in [-0.15, -0.1) is 5.10 Å². The normalized spacial score (nSPS) is 10.9. The van der Waals surface area contributed by atoms with E-state index in [-0.39, 0.29) is 5.69 Å². The minimum Gasteiger partial charge on any atom is -0.495 e. The summed E-state index contributed by atoms with van der Waals surface area (Å²) in [5, 5.41) is 7.99. The molecular weight excluding hydrogens is 437 g/mol. The topological polar surface area (TPSA) is 113 Å². The second kappa shape index (κ2) is 8.66. The van der Waals surface area contributed by atoms with Crippen LogP contribution in [0, 0.1) is 12.7 Å². The number of anilines is 3. The minimum absolute atomic E-state index is 0.220. The van der Waals surface area contributed by atoms with Crippen molar-refractivity contribution in [3.05, 3.63) is 78.8 Å². The van der Waals surface area contributed by atoms with E-state index in [9.17, 15) is 4.39 Å². The SMILES string of the molecule is COc1cc2ncnc(Nc3ccc(Oc4ccn(-c5ccc(C)nc5)n4)cc3F)c2cc1N. The van der Waals surface area contributed by atoms with E-state index in [0.717, 1.165) is 11.4 Å². The van der Waals surface area contributed by atoms with Crippen LogP contribution in [-0.2, 0) is 0 Å². The Kier molecular flexibility index (Phi) is 5.38. The lowest BCUT2D eigenvalue weighted by Gasteiger charge is -2.12. The van der Waals surface area contributed by atoms with Crippen molar-refractivity contribution >= 4 is 28.1 Å². The molecule has 0 radical (unpaired) electrons. The third-order valence-electron chi connectivity index (χ3n) is 5.13. The number of nitrogens with one attached hydrogen (secondary N) is 1. The molecule has 0 amide bonds. The molecule has 0 saturated carbocycles. The summed E-state index contributed by atoms with van der Waals surface area (Å²) in [7, 11) is 1.53. The molecule has 9 nitrogen and oxygen atoms in total. The lowest BCUT2D eigenvalue weighted by atomic mass is 10.2. The molecule has 5 aromatic rings. The highest BCUT2D eigenvalue weighted by Crippen LogP contribution is 2.32. The summed E-state index contributed by atoms with van der Waals surface area (Å²) >= 11 is 0. The number of pyridine rings is 1. The van der Waals surface area contributed by atoms with Crippen LogP contribution in [-0.4, -0.2) is 31.8 Å². The van der Waals surface area contributed by atoms with Crippen molar-refractivity contribution in [3.63, 3.8) is 0 Å². The first-order valence-corrected chi connectivity index (χ1v) is 10.3. The summed E-state index contributed by atoms with van der Waals surface area (Å²) < 4.78 is 27.5. The Morgan fingerprint density at radius 1 is 1.03 bits per heavy atom. The van der Waals surface area contributed by atoms with E-state index in [1.54, 1.807) is 47.4 Å². The lowest BCUT2D eigenvalue weighted by molar-refractivity contribution is 0.417. The molecule has 3 aromatic heterocycles. The van der Waals surface area contributed by atoms with E-state index in [2.05, 4.69) is 25.4 Å². The fourth-order valence-electron chi connectivity index (χ4n) is 3.39. The van der Waals surface area contributed by atoms with Crippen molar-refractivity contribution in [2.24, 2.45) is 0 Å². The summed E-state index contributed by atoms with van der Waals surface area (Å²) in [4.78, 5) is 12.7. The average Bonchev–Trinajstić information content (AvgIpc) is 3.29. The average molecular weight is 457 g/mol. The highest BCUT2D eigenvalue weighted by molar-refractivity contribution is 5.94. The number of ether oxygens (including phenoxy) is 2. The van der Waals surface area contributed by atoms with Gasteiger partial charge >= 0.3 is 0 Å². The summed E-state index contributed by atoms with van der Waals surface area (Å²) in [5.41, 5.74) is 8.99. The van der Waals surface area contributed by atoms with Gasteiger partial charge in [-0.25, -0.2) is 19.0 Å². The molecule has 10 heteroatoms. The second-order valence-corrected chi connectivity index (χ2v) is 7.46. The van der Waals surface area contributed by atoms with Crippen molar-refractivity contribution in [2.45, 2.75) is 6.92 Å². The van der Waals surface area contributed by atoms with E-state index in [1.165, 1.54) is 19.5 Å². The molecule has 170 valence electrons. The zero-order valence-electron chi connectivity index (χ0n) is 18.4. The summed E-state index contributed by atoms with van der Waals surface area (Å²) in [6.07, 6.45) is 4.84. The molecule has 0 bridgehead atoms. The smallest absolute Gasteiger partial charge is 0.238 e. The number of hydrogen-bond donors (Lipinski definition) is 2. The van der Waals surface area contributed by atoms with Crippen LogP contribution in [0.2, 0.25) is 0 Å². The molecule has 3 N–H and O–H groups in total. The molecule has 0 aliphatic rings. The van der Waals surface area contributed by atoms with Crippen molar-refractivity contribution < 1.29 is 13.9 Å². The minimum atomic E-state index is -0.520. The van der Waals surface area contributed by atoms with Gasteiger partial charge in [0.15, 0.2) is 0 Å². The summed E-state index contributed by atoms with van der Waals surface area (Å²) in [6.45, 7) is 1.91. The molecule has 3 heterocycles. The van der Waals surface area contributed by atoms with Crippen molar-refractivity contribution in [1.29, 1.82) is 0 Å². The van der Waals surface area contributed by atoms with Crippen LogP contribution in [0.3, 0.4) is 0 Å². The maximum Gasteiger partial charge on any atom is 0.238 e. The van der Waals surface area contributed by atoms with Crippen LogP contribution < -0.4 is 20.5 Å². The highest BCUT2D eigenvalue weighted by Gasteiger charge is 2.12. The van der Waals surface area contributed by atoms with E-state index in [1.807, 2.05) is 19.1 Å². The first-order valence-electron chi connectivity index (χ1n) is 10.3. The number of hydrogen-bond acceptors (Lipinski definition) is 8. The summed E-state index contributed by atoms with van der Waals surface area (Å²) in [6, 6.07) is 13.3. The third-order valence-corrected chi connectivity index (χ3v) is 5.13. The molecule has 0 fully saturated rings. The van der Waals surface area contributed by atoms with Crippen molar-refractivity contribution in [1.82, 2.24) is 24.7 Å². The standard InChI is InChI=1S/C24H20FN7O2/c1-14-3-4-15(12-27-14)32-8-7-23(31-32)34-16-5-6-20(18(25)9-16)30-24-17-10-19(26)22(33-2)11-21(17)28-13-29-24/h3-13H,26H2,1-2H3,(H,28,29,30). The maximum absolute atomic E-state index is 14.9. The number of methoxy groups -OCH3 is 1. The fraction of sp³-hybridized carbons (Fsp3) is 0.0833. The molecule has 5 rings (SSSR count). The van der Waals surface area contributed by atoms with Crippen LogP contribution in [0.5, 0.6) is 17.4 Å². The molecule has 0 saturated heterocycles. The molecule has 0 aliphatic heterocycles. The Labute approximate surface area is 194 Å². The van der Waals surface area contributed by atoms with Gasteiger partial charge in [0.2, 0.25) is 5.88 Å². The Bertz CT molecular complexity index is 1490. The van der Waals surface area contributed by atoms with Gasteiger partial charge in [-0.3, -0.25) is 4.98 Å². The number of fused-ring (bicyclic) bond motifs is 1. The molecule has 0 unspecified atom stereocenters. The Balaban J connectivity index is 1.36. The highest BCUT2D eigenvalue weighted by atomic mass is 19.1. The predicted octanol–water partition coefficient (Wildman–Crippen LogP) is 4.78. The zero-order valence-corrected chi connectivity index (χ0v) is 18.4. The first kappa shape index (κ1) is 21.1. The molecule has 34 heavy (non-hydrogen) atoms. The third kappa shape index (κ3) is 4.16. The number of rotatable bonds is 6. The van der Waals surface area contributed by atoms with Gasteiger partial charge in [-0.05, 0) is 37.3 Å². The van der Waals surface area contributed by atoms with E-state index in [4.69, 9.17) is 15.2 Å². The van der Waals surface area contributed by atoms with Gasteiger partial charge in [0.1, 0.15) is 29.5 Å². The van der Waals surface area contributed by atoms with Crippen LogP contribution in [0.1, 0.15) is 5.69 Å². The van der Waals surface area contributed by atoms with Gasteiger partial charge in [0, 0.05) is 35.5 Å². The molecular formula is C24H20FN7O2. The maximum atomic E-state index is 14.9. The number of halogens is 1. The second-order valence-electron chi connectivity index (χ2n) is 7.46. The van der Waals surface area contributed by atoms with E-state index < -0.39 is 5.82 Å². The number of benzene rings is 2. The van der Waals surface area contributed by atoms with Gasteiger partial charge in [0.05, 0.1) is 35.9 Å². The van der Waals surface area contributed by atoms with E-state index >= 15 is 0 Å². The van der Waals surface area contributed by atoms with Crippen LogP contribution in [0.4, 0.5) is 21.6 Å². The number of nitrogens with two attached hydrogens (primary N) is 1. The van der Waals surface area contributed by atoms with Gasteiger partial charge in [0.25, 0.3) is 0 Å². The van der Waals surface area contributed by atoms with Crippen LogP contribution in [0.25, 0.3) is 16.6 Å². The van der Waals surface area contributed by atoms with Crippen LogP contribution in [0.15, 0.2) is 67.3 Å². The number of nitrogens with zero attached hydrogens (tertiary/aromatic N) is 5. The van der Waals surface area contributed by atoms with Crippen molar-refractivity contribution in [2.75, 3.05) is 18.2 Å². The Morgan fingerprint density at radius 3 is 2.68 bits per heavy atom. The number of nitrogen functional groups attached to an aromatic ring is 1. The number of aromatic nitrogens is 5. The zero-order chi connectivity index (χ0) is 23.7. The molecule has 0 spiro atoms. The fourth-order valence-corrected chi connectivity index (χ4v) is 3.39. The quantitative estimate of drug-likeness (QED) is 0.350. The molecule has 2 aromatic carbocycles. The number of aryl methyl sites for hydroxylation is 1. The molecule has 0 aliphatic carbocycles. The Hall–Kier alpha value is -4.73. The van der Waals surface area contributed by atoms with Gasteiger partial charge in [-0.1, -0.05) is 0 Å². The van der Waals surface area contributed by atoms with Gasteiger partial charge < -0.3 is 20.5 Å². The summed E-state index contributed by atoms with van der Waals surface area (Å²) in [5.74, 6) is 1.03. The molecule has 0 atom stereocenters. The van der Waals surface area contributed by atoms with Gasteiger partial charge in [-0.2, -0.15) is 0 Å². The monoisotopic (exact) mass is 457 g/mol. The lowest BCUT2D eigenvalue weighted by Crippen LogP contribution is -2.00. The Morgan fingerprint density at radius 2 is 1.91 bits per heavy atom.